The van der Waals surface area contributed by atoms with Crippen molar-refractivity contribution >= 4 is 0 Å². The zero-order chi connectivity index (χ0) is 36.9. The van der Waals surface area contributed by atoms with Gasteiger partial charge in [-0.05, 0) is 17.8 Å². The van der Waals surface area contributed by atoms with E-state index in [-0.39, 0.29) is 25.3 Å². The molecule has 0 spiro atoms. The highest BCUT2D eigenvalue weighted by Gasteiger charge is 2.05. The Bertz CT molecular complexity index is 489. The van der Waals surface area contributed by atoms with Gasteiger partial charge < -0.3 is 0 Å². The first-order chi connectivity index (χ1) is 24.2. The molecule has 0 aliphatic heterocycles. The molecule has 0 nitrogen and oxygen atoms in total. The summed E-state index contributed by atoms with van der Waals surface area (Å²) < 4.78 is 36.0. The second-order valence-electron chi connectivity index (χ2n) is 16.0. The average Bonchev–Trinajstić information content (AvgIpc) is 3.12. The molecule has 0 bridgehead atoms. The van der Waals surface area contributed by atoms with Crippen molar-refractivity contribution in [2.75, 3.05) is 0 Å². The van der Waals surface area contributed by atoms with E-state index in [1.54, 1.807) is 0 Å². The normalized spacial score (nSPS) is 22.5. The third-order valence-corrected chi connectivity index (χ3v) is 11.2. The highest BCUT2D eigenvalue weighted by atomic mass is 20.0. The van der Waals surface area contributed by atoms with Crippen LogP contribution in [0.2, 0.25) is 0 Å². The topological polar surface area (TPSA) is 0 Å². The summed E-state index contributed by atoms with van der Waals surface area (Å²) in [4.78, 5) is 0. The highest BCUT2D eigenvalue weighted by Crippen LogP contribution is 2.22. The smallest absolute Gasteiger partial charge is 0 e. The summed E-state index contributed by atoms with van der Waals surface area (Å²) in [5.74, 6) is 2.99. The van der Waals surface area contributed by atoms with Crippen LogP contribution in [0.3, 0.4) is 0 Å². The molecule has 0 saturated heterocycles. The fourth-order valence-corrected chi connectivity index (χ4v) is 7.81. The van der Waals surface area contributed by atoms with Crippen molar-refractivity contribution < 1.29 is 25.5 Å². The van der Waals surface area contributed by atoms with Crippen LogP contribution < -0.4 is 0 Å². The fraction of sp³-hybridized carbons (Fsp3) is 1.00. The summed E-state index contributed by atoms with van der Waals surface area (Å²) in [7, 11) is 0. The summed E-state index contributed by atoms with van der Waals surface area (Å²) in [5, 5.41) is 0. The lowest BCUT2D eigenvalue weighted by atomic mass is 9.94. The summed E-state index contributed by atoms with van der Waals surface area (Å²) >= 11 is 0. The predicted molar refractivity (Wildman–Crippen MR) is 229 cm³/mol. The molecule has 3 aliphatic carbocycles. The zero-order valence-electron chi connectivity index (χ0n) is 36.1. The first-order valence-electron chi connectivity index (χ1n) is 23.3. The second kappa shape index (κ2) is 46.8. The van der Waals surface area contributed by atoms with Crippen LogP contribution in [0, 0.1) is 17.8 Å². The van der Waals surface area contributed by atoms with Crippen LogP contribution in [0.15, 0.2) is 0 Å². The van der Waals surface area contributed by atoms with E-state index in [2.05, 4.69) is 20.8 Å². The largest absolute Gasteiger partial charge is 0.269 e. The van der Waals surface area contributed by atoms with Crippen molar-refractivity contribution in [3.8, 4) is 0 Å². The molecule has 3 saturated carbocycles. The van der Waals surface area contributed by atoms with E-state index in [9.17, 15) is 0 Å². The Kier molecular flexibility index (Phi) is 48.6. The number of hydrogen-bond acceptors (Lipinski definition) is 0. The molecule has 0 heterocycles. The van der Waals surface area contributed by atoms with Gasteiger partial charge >= 0.3 is 0 Å². The SMILES string of the molecule is C.C.CC1CCCCCCCCCCC1.CC1CCCCCCCCCCC1.CC1CCCCCCCCCCCCCCC1.F.FF.[3H][3H].[3H][3H].[HH].[HH].[HH].[HH]. The third kappa shape index (κ3) is 43.8. The Balaban J connectivity index is -0.0000000630. The van der Waals surface area contributed by atoms with Gasteiger partial charge in [-0.2, -0.15) is 0 Å². The standard InChI is InChI=1S/C17H34.2C13H26.2CH4.F2.FH.6H2/c1-17-15-13-11-9-7-5-3-2-4-6-8-10-12-14-16-17;2*1-13-11-9-7-5-3-2-4-6-8-10-12-13;;;1-2;;;;;;;/h17H,2-16H2,1H3;2*13H,2-12H2,1H3;2*1H4;;7*1H/i;;;;;;;2*1+2T;;;;. The van der Waals surface area contributed by atoms with Gasteiger partial charge in [-0.3, -0.25) is 4.70 Å². The van der Waals surface area contributed by atoms with Gasteiger partial charge in [0.2, 0.25) is 0 Å². The van der Waals surface area contributed by atoms with Gasteiger partial charge in [-0.1, -0.05) is 273 Å². The molecule has 0 unspecified atom stereocenters. The molecule has 3 fully saturated rings. The Hall–Kier alpha value is -0.210. The molecule has 0 aromatic carbocycles. The molecular formula is C45H107F3. The van der Waals surface area contributed by atoms with Gasteiger partial charge in [0.05, 0.1) is 0 Å². The lowest BCUT2D eigenvalue weighted by molar-refractivity contribution is 0.108. The van der Waals surface area contributed by atoms with Gasteiger partial charge in [0.1, 0.15) is 0 Å². The number of hydrogen-bond donors (Lipinski definition) is 0. The molecular weight excluding hydrogens is 597 g/mol. The molecule has 0 atom stereocenters. The van der Waals surface area contributed by atoms with Crippen molar-refractivity contribution in [3.05, 3.63) is 0 Å². The molecule has 3 aliphatic rings. The van der Waals surface area contributed by atoms with Crippen molar-refractivity contribution in [2.45, 2.75) is 273 Å². The molecule has 0 amide bonds. The fourth-order valence-electron chi connectivity index (χ4n) is 7.81. The van der Waals surface area contributed by atoms with Crippen LogP contribution in [0.5, 0.6) is 0 Å². The summed E-state index contributed by atoms with van der Waals surface area (Å²) in [6, 6.07) is 0. The van der Waals surface area contributed by atoms with E-state index in [0.717, 1.165) is 17.8 Å². The molecule has 0 aromatic heterocycles. The van der Waals surface area contributed by atoms with Crippen LogP contribution in [0.1, 0.15) is 285 Å². The van der Waals surface area contributed by atoms with Gasteiger partial charge in [0, 0.05) is 20.8 Å². The Morgan fingerprint density at radius 1 is 0.292 bits per heavy atom. The second-order valence-corrected chi connectivity index (χ2v) is 16.0. The lowest BCUT2D eigenvalue weighted by Crippen LogP contribution is -1.96. The molecule has 0 N–H and O–H groups in total. The maximum Gasteiger partial charge on any atom is 0 e. The van der Waals surface area contributed by atoms with Crippen LogP contribution in [-0.4, -0.2) is 0 Å². The summed E-state index contributed by atoms with van der Waals surface area (Å²) in [5.41, 5.74) is 0. The molecule has 0 aromatic rings. The van der Waals surface area contributed by atoms with Crippen molar-refractivity contribution in [1.82, 2.24) is 0 Å². The van der Waals surface area contributed by atoms with E-state index < -0.39 is 0 Å². The van der Waals surface area contributed by atoms with E-state index in [0.29, 0.717) is 0 Å². The molecule has 0 radical (unpaired) electrons. The minimum Gasteiger partial charge on any atom is -0.269 e. The van der Waals surface area contributed by atoms with E-state index in [4.69, 9.17) is 15.1 Å². The zero-order valence-corrected chi connectivity index (χ0v) is 32.1. The summed E-state index contributed by atoms with van der Waals surface area (Å²) in [6.07, 6.45) is 55.2. The minimum atomic E-state index is 0. The van der Waals surface area contributed by atoms with Crippen LogP contribution >= 0.6 is 0 Å². The highest BCUT2D eigenvalue weighted by molar-refractivity contribution is 4.59. The molecule has 3 heteroatoms. The Morgan fingerprint density at radius 2 is 0.375 bits per heavy atom. The first kappa shape index (κ1) is 49.9. The van der Waals surface area contributed by atoms with Crippen molar-refractivity contribution in [3.63, 3.8) is 0 Å². The molecule has 48 heavy (non-hydrogen) atoms. The first-order valence-corrected chi connectivity index (χ1v) is 21.3. The maximum absolute atomic E-state index is 8.00. The third-order valence-electron chi connectivity index (χ3n) is 11.2. The maximum atomic E-state index is 8.00. The predicted octanol–water partition coefficient (Wildman–Crippen LogP) is 20.1. The average molecular weight is 713 g/mol. The monoisotopic (exact) mass is 713 g/mol. The Labute approximate surface area is 316 Å². The van der Waals surface area contributed by atoms with Gasteiger partial charge in [0.25, 0.3) is 0 Å². The molecule has 3 rings (SSSR count). The Morgan fingerprint density at radius 3 is 0.479 bits per heavy atom. The van der Waals surface area contributed by atoms with Crippen LogP contribution in [0.25, 0.3) is 0 Å². The lowest BCUT2D eigenvalue weighted by Gasteiger charge is -2.12. The van der Waals surface area contributed by atoms with E-state index in [1.807, 2.05) is 0 Å². The number of halogens is 3. The molecule has 308 valence electrons. The summed E-state index contributed by atoms with van der Waals surface area (Å²) in [6.45, 7) is 7.33. The van der Waals surface area contributed by atoms with E-state index in [1.165, 1.54) is 238 Å². The van der Waals surface area contributed by atoms with E-state index >= 15 is 0 Å². The van der Waals surface area contributed by atoms with Crippen LogP contribution in [-0.2, 0) is 0 Å². The quantitative estimate of drug-likeness (QED) is 0.235. The van der Waals surface area contributed by atoms with Crippen LogP contribution in [0.4, 0.5) is 13.9 Å². The van der Waals surface area contributed by atoms with Crippen molar-refractivity contribution in [1.29, 1.82) is 0 Å². The number of rotatable bonds is 0. The van der Waals surface area contributed by atoms with Gasteiger partial charge in [-0.25, -0.2) is 0 Å². The van der Waals surface area contributed by atoms with Gasteiger partial charge in [0.15, 0.2) is 0 Å². The van der Waals surface area contributed by atoms with Gasteiger partial charge in [-0.15, -0.1) is 0 Å². The minimum absolute atomic E-state index is 0. The van der Waals surface area contributed by atoms with Crippen molar-refractivity contribution in [2.24, 2.45) is 17.8 Å².